The first-order chi connectivity index (χ1) is 15.5. The Morgan fingerprint density at radius 3 is 2.62 bits per heavy atom. The molecule has 1 saturated heterocycles. The van der Waals surface area contributed by atoms with E-state index in [1.165, 1.54) is 15.6 Å². The Kier molecular flexibility index (Phi) is 7.19. The number of hydrogen-bond acceptors (Lipinski definition) is 6. The zero-order valence-electron chi connectivity index (χ0n) is 17.5. The van der Waals surface area contributed by atoms with Crippen molar-refractivity contribution in [3.05, 3.63) is 76.7 Å². The second-order valence-electron chi connectivity index (χ2n) is 7.67. The van der Waals surface area contributed by atoms with Gasteiger partial charge in [0.2, 0.25) is 10.0 Å². The molecule has 1 N–H and O–H groups in total. The number of thiazole rings is 1. The lowest BCUT2D eigenvalue weighted by atomic mass is 9.98. The predicted molar refractivity (Wildman–Crippen MR) is 123 cm³/mol. The Hall–Kier alpha value is -2.75. The van der Waals surface area contributed by atoms with E-state index >= 15 is 0 Å². The molecule has 1 aromatic heterocycles. The molecule has 0 bridgehead atoms. The lowest BCUT2D eigenvalue weighted by Gasteiger charge is -2.31. The van der Waals surface area contributed by atoms with Crippen molar-refractivity contribution in [1.29, 1.82) is 0 Å². The number of ether oxygens (including phenoxy) is 1. The number of piperidine rings is 1. The second-order valence-corrected chi connectivity index (χ2v) is 10.3. The maximum Gasteiger partial charge on any atom is 0.251 e. The van der Waals surface area contributed by atoms with Crippen LogP contribution in [-0.2, 0) is 16.6 Å². The van der Waals surface area contributed by atoms with Gasteiger partial charge in [-0.15, -0.1) is 11.3 Å². The highest BCUT2D eigenvalue weighted by Gasteiger charge is 2.29. The monoisotopic (exact) mass is 471 g/mol. The molecule has 0 unspecified atom stereocenters. The lowest BCUT2D eigenvalue weighted by Crippen LogP contribution is -2.41. The van der Waals surface area contributed by atoms with Gasteiger partial charge in [-0.1, -0.05) is 24.3 Å². The van der Waals surface area contributed by atoms with Crippen LogP contribution in [0.5, 0.6) is 5.75 Å². The van der Waals surface area contributed by atoms with Crippen LogP contribution in [0.3, 0.4) is 0 Å². The third kappa shape index (κ3) is 5.53. The molecule has 2 heterocycles. The van der Waals surface area contributed by atoms with E-state index in [9.17, 15) is 13.2 Å². The van der Waals surface area contributed by atoms with E-state index in [1.54, 1.807) is 54.0 Å². The molecule has 1 aliphatic heterocycles. The van der Waals surface area contributed by atoms with Crippen LogP contribution in [0.4, 0.5) is 0 Å². The fourth-order valence-electron chi connectivity index (χ4n) is 3.63. The van der Waals surface area contributed by atoms with Gasteiger partial charge in [0.15, 0.2) is 0 Å². The van der Waals surface area contributed by atoms with Crippen molar-refractivity contribution >= 4 is 27.3 Å². The second kappa shape index (κ2) is 10.2. The summed E-state index contributed by atoms with van der Waals surface area (Å²) in [6, 6.07) is 15.6. The number of aromatic nitrogens is 1. The standard InChI is InChI=1S/C23H25N3O4S2/c27-23(19-5-4-6-21(13-19)30-15-20-16-31-17-25-20)24-14-18-9-11-26(12-10-18)32(28,29)22-7-2-1-3-8-22/h1-8,13,16-18H,9-12,14-15H2,(H,24,27). The molecule has 1 fully saturated rings. The maximum atomic E-state index is 12.7. The molecule has 9 heteroatoms. The quantitative estimate of drug-likeness (QED) is 0.543. The summed E-state index contributed by atoms with van der Waals surface area (Å²) in [6.45, 7) is 1.79. The zero-order valence-corrected chi connectivity index (χ0v) is 19.1. The summed E-state index contributed by atoms with van der Waals surface area (Å²) in [7, 11) is -3.46. The van der Waals surface area contributed by atoms with Crippen molar-refractivity contribution in [1.82, 2.24) is 14.6 Å². The molecule has 4 rings (SSSR count). The van der Waals surface area contributed by atoms with E-state index in [-0.39, 0.29) is 11.8 Å². The Bertz CT molecular complexity index is 1130. The molecule has 0 saturated carbocycles. The number of nitrogens with one attached hydrogen (secondary N) is 1. The highest BCUT2D eigenvalue weighted by molar-refractivity contribution is 7.89. The van der Waals surface area contributed by atoms with E-state index in [1.807, 2.05) is 11.4 Å². The van der Waals surface area contributed by atoms with Crippen molar-refractivity contribution in [2.75, 3.05) is 19.6 Å². The van der Waals surface area contributed by atoms with Gasteiger partial charge in [-0.3, -0.25) is 4.79 Å². The van der Waals surface area contributed by atoms with Crippen LogP contribution < -0.4 is 10.1 Å². The zero-order chi connectivity index (χ0) is 22.4. The Balaban J connectivity index is 1.26. The van der Waals surface area contributed by atoms with Crippen LogP contribution in [0.15, 0.2) is 70.4 Å². The van der Waals surface area contributed by atoms with Crippen LogP contribution in [0, 0.1) is 5.92 Å². The fourth-order valence-corrected chi connectivity index (χ4v) is 5.66. The van der Waals surface area contributed by atoms with Crippen molar-refractivity contribution in [3.8, 4) is 5.75 Å². The fraction of sp³-hybridized carbons (Fsp3) is 0.304. The molecule has 0 atom stereocenters. The normalized spacial score (nSPS) is 15.4. The van der Waals surface area contributed by atoms with Gasteiger partial charge >= 0.3 is 0 Å². The van der Waals surface area contributed by atoms with Crippen LogP contribution in [0.2, 0.25) is 0 Å². The number of nitrogens with zero attached hydrogens (tertiary/aromatic N) is 2. The van der Waals surface area contributed by atoms with Crippen LogP contribution in [-0.4, -0.2) is 43.2 Å². The van der Waals surface area contributed by atoms with Crippen LogP contribution in [0.25, 0.3) is 0 Å². The molecule has 1 amide bonds. The summed E-state index contributed by atoms with van der Waals surface area (Å²) in [5.41, 5.74) is 3.14. The van der Waals surface area contributed by atoms with Crippen molar-refractivity contribution in [2.24, 2.45) is 5.92 Å². The summed E-state index contributed by atoms with van der Waals surface area (Å²) < 4.78 is 32.7. The smallest absolute Gasteiger partial charge is 0.251 e. The minimum absolute atomic E-state index is 0.163. The van der Waals surface area contributed by atoms with Gasteiger partial charge in [0.1, 0.15) is 12.4 Å². The van der Waals surface area contributed by atoms with Gasteiger partial charge in [0.05, 0.1) is 16.1 Å². The summed E-state index contributed by atoms with van der Waals surface area (Å²) >= 11 is 1.51. The number of hydrogen-bond donors (Lipinski definition) is 1. The van der Waals surface area contributed by atoms with Gasteiger partial charge in [-0.05, 0) is 49.1 Å². The number of sulfonamides is 1. The minimum atomic E-state index is -3.46. The summed E-state index contributed by atoms with van der Waals surface area (Å²) in [5.74, 6) is 0.693. The minimum Gasteiger partial charge on any atom is -0.487 e. The topological polar surface area (TPSA) is 88.6 Å². The maximum absolute atomic E-state index is 12.7. The molecule has 0 aliphatic carbocycles. The van der Waals surface area contributed by atoms with E-state index in [4.69, 9.17) is 4.74 Å². The number of carbonyl (C=O) groups is 1. The third-order valence-corrected chi connectivity index (χ3v) is 8.02. The molecule has 0 radical (unpaired) electrons. The van der Waals surface area contributed by atoms with Gasteiger partial charge in [-0.25, -0.2) is 13.4 Å². The summed E-state index contributed by atoms with van der Waals surface area (Å²) in [5, 5.41) is 4.90. The van der Waals surface area contributed by atoms with E-state index < -0.39 is 10.0 Å². The van der Waals surface area contributed by atoms with Crippen LogP contribution in [0.1, 0.15) is 28.9 Å². The molecule has 0 spiro atoms. The van der Waals surface area contributed by atoms with Gasteiger partial charge in [-0.2, -0.15) is 4.31 Å². The SMILES string of the molecule is O=C(NCC1CCN(S(=O)(=O)c2ccccc2)CC1)c1cccc(OCc2cscn2)c1. The molecule has 7 nitrogen and oxygen atoms in total. The van der Waals surface area contributed by atoms with Gasteiger partial charge in [0.25, 0.3) is 5.91 Å². The number of benzene rings is 2. The Morgan fingerprint density at radius 2 is 1.91 bits per heavy atom. The lowest BCUT2D eigenvalue weighted by molar-refractivity contribution is 0.0941. The average Bonchev–Trinajstić information content (AvgIpc) is 3.36. The number of rotatable bonds is 8. The summed E-state index contributed by atoms with van der Waals surface area (Å²) in [4.78, 5) is 17.1. The highest BCUT2D eigenvalue weighted by Crippen LogP contribution is 2.23. The highest BCUT2D eigenvalue weighted by atomic mass is 32.2. The van der Waals surface area contributed by atoms with Crippen molar-refractivity contribution < 1.29 is 17.9 Å². The molecule has 2 aromatic carbocycles. The molecule has 168 valence electrons. The predicted octanol–water partition coefficient (Wildman–Crippen LogP) is 3.55. The first-order valence-corrected chi connectivity index (χ1v) is 12.8. The molecule has 1 aliphatic rings. The number of amides is 1. The van der Waals surface area contributed by atoms with Crippen molar-refractivity contribution in [3.63, 3.8) is 0 Å². The molecular weight excluding hydrogens is 446 g/mol. The Labute approximate surface area is 192 Å². The third-order valence-electron chi connectivity index (χ3n) is 5.47. The molecular formula is C23H25N3O4S2. The van der Waals surface area contributed by atoms with E-state index in [0.717, 1.165) is 5.69 Å². The van der Waals surface area contributed by atoms with Gasteiger partial charge in [0, 0.05) is 30.6 Å². The van der Waals surface area contributed by atoms with E-state index in [2.05, 4.69) is 10.3 Å². The van der Waals surface area contributed by atoms with E-state index in [0.29, 0.717) is 55.3 Å². The van der Waals surface area contributed by atoms with Crippen molar-refractivity contribution in [2.45, 2.75) is 24.3 Å². The first kappa shape index (κ1) is 22.4. The average molecular weight is 472 g/mol. The van der Waals surface area contributed by atoms with Crippen LogP contribution >= 0.6 is 11.3 Å². The molecule has 32 heavy (non-hydrogen) atoms. The molecule has 3 aromatic rings. The largest absolute Gasteiger partial charge is 0.487 e. The van der Waals surface area contributed by atoms with Gasteiger partial charge < -0.3 is 10.1 Å². The summed E-state index contributed by atoms with van der Waals surface area (Å²) in [6.07, 6.45) is 1.42. The first-order valence-electron chi connectivity index (χ1n) is 10.5. The number of carbonyl (C=O) groups excluding carboxylic acids is 1. The Morgan fingerprint density at radius 1 is 1.12 bits per heavy atom.